The fourth-order valence-electron chi connectivity index (χ4n) is 3.19. The van der Waals surface area contributed by atoms with Crippen LogP contribution in [0.1, 0.15) is 51.8 Å². The van der Waals surface area contributed by atoms with Gasteiger partial charge in [0.1, 0.15) is 17.4 Å². The lowest BCUT2D eigenvalue weighted by Gasteiger charge is -2.60. The molecule has 1 saturated heterocycles. The standard InChI is InChI=1S/C15H21NO3/c1-14(2,3)19-13(17)16-10-15(7-5-8-15)12(16)11-6-4-9-18-11/h4,6,9,12H,5,7-8,10H2,1-3H3. The van der Waals surface area contributed by atoms with Gasteiger partial charge in [-0.15, -0.1) is 0 Å². The first kappa shape index (κ1) is 12.6. The molecule has 2 aliphatic rings. The predicted octanol–water partition coefficient (Wildman–Crippen LogP) is 3.74. The minimum Gasteiger partial charge on any atom is -0.467 e. The Morgan fingerprint density at radius 1 is 1.47 bits per heavy atom. The molecule has 19 heavy (non-hydrogen) atoms. The molecule has 1 aromatic heterocycles. The van der Waals surface area contributed by atoms with Gasteiger partial charge in [-0.2, -0.15) is 0 Å². The van der Waals surface area contributed by atoms with E-state index >= 15 is 0 Å². The van der Waals surface area contributed by atoms with Crippen molar-refractivity contribution in [2.75, 3.05) is 6.54 Å². The molecule has 1 atom stereocenters. The van der Waals surface area contributed by atoms with Crippen LogP contribution in [-0.2, 0) is 4.74 Å². The molecule has 1 aromatic rings. The second-order valence-corrected chi connectivity index (χ2v) is 6.74. The van der Waals surface area contributed by atoms with Gasteiger partial charge in [0.15, 0.2) is 0 Å². The first-order valence-electron chi connectivity index (χ1n) is 6.94. The summed E-state index contributed by atoms with van der Waals surface area (Å²) < 4.78 is 11.0. The molecule has 2 heterocycles. The van der Waals surface area contributed by atoms with Crippen molar-refractivity contribution in [3.8, 4) is 0 Å². The fourth-order valence-corrected chi connectivity index (χ4v) is 3.19. The number of carbonyl (C=O) groups is 1. The summed E-state index contributed by atoms with van der Waals surface area (Å²) in [6, 6.07) is 3.90. The number of hydrogen-bond donors (Lipinski definition) is 0. The quantitative estimate of drug-likeness (QED) is 0.775. The summed E-state index contributed by atoms with van der Waals surface area (Å²) in [5.74, 6) is 0.886. The molecule has 1 spiro atoms. The van der Waals surface area contributed by atoms with Gasteiger partial charge in [-0.05, 0) is 45.7 Å². The zero-order valence-electron chi connectivity index (χ0n) is 11.8. The summed E-state index contributed by atoms with van der Waals surface area (Å²) in [7, 11) is 0. The van der Waals surface area contributed by atoms with Gasteiger partial charge in [-0.3, -0.25) is 4.90 Å². The third kappa shape index (κ3) is 2.03. The third-order valence-electron chi connectivity index (χ3n) is 4.17. The molecular formula is C15H21NO3. The molecule has 0 radical (unpaired) electrons. The minimum absolute atomic E-state index is 0.0612. The highest BCUT2D eigenvalue weighted by Crippen LogP contribution is 2.60. The number of hydrogen-bond acceptors (Lipinski definition) is 3. The van der Waals surface area contributed by atoms with E-state index in [0.717, 1.165) is 12.3 Å². The molecule has 1 saturated carbocycles. The number of rotatable bonds is 1. The summed E-state index contributed by atoms with van der Waals surface area (Å²) in [6.07, 6.45) is 5.05. The molecule has 1 aliphatic heterocycles. The molecule has 1 aliphatic carbocycles. The van der Waals surface area contributed by atoms with Crippen LogP contribution >= 0.6 is 0 Å². The van der Waals surface area contributed by atoms with Crippen LogP contribution in [0.5, 0.6) is 0 Å². The van der Waals surface area contributed by atoms with E-state index in [0.29, 0.717) is 0 Å². The number of furan rings is 1. The van der Waals surface area contributed by atoms with Crippen molar-refractivity contribution >= 4 is 6.09 Å². The molecule has 104 valence electrons. The highest BCUT2D eigenvalue weighted by Gasteiger charge is 2.60. The SMILES string of the molecule is CC(C)(C)OC(=O)N1CC2(CCC2)C1c1ccco1. The van der Waals surface area contributed by atoms with Crippen molar-refractivity contribution in [3.63, 3.8) is 0 Å². The molecule has 4 nitrogen and oxygen atoms in total. The lowest BCUT2D eigenvalue weighted by molar-refractivity contribution is -0.130. The normalized spacial score (nSPS) is 24.8. The van der Waals surface area contributed by atoms with Crippen molar-refractivity contribution < 1.29 is 13.9 Å². The molecular weight excluding hydrogens is 242 g/mol. The third-order valence-corrected chi connectivity index (χ3v) is 4.17. The Bertz CT molecular complexity index is 468. The van der Waals surface area contributed by atoms with Crippen LogP contribution < -0.4 is 0 Å². The van der Waals surface area contributed by atoms with E-state index in [2.05, 4.69) is 0 Å². The van der Waals surface area contributed by atoms with Crippen molar-refractivity contribution in [3.05, 3.63) is 24.2 Å². The highest BCUT2D eigenvalue weighted by atomic mass is 16.6. The van der Waals surface area contributed by atoms with E-state index in [9.17, 15) is 4.79 Å². The van der Waals surface area contributed by atoms with Gasteiger partial charge in [0.05, 0.1) is 6.26 Å². The number of nitrogens with zero attached hydrogens (tertiary/aromatic N) is 1. The first-order valence-corrected chi connectivity index (χ1v) is 6.94. The maximum Gasteiger partial charge on any atom is 0.410 e. The van der Waals surface area contributed by atoms with Crippen LogP contribution in [0.15, 0.2) is 22.8 Å². The molecule has 1 unspecified atom stereocenters. The average molecular weight is 263 g/mol. The van der Waals surface area contributed by atoms with Crippen molar-refractivity contribution in [1.29, 1.82) is 0 Å². The van der Waals surface area contributed by atoms with Crippen LogP contribution in [0.4, 0.5) is 4.79 Å². The zero-order chi connectivity index (χ0) is 13.7. The Balaban J connectivity index is 1.78. The van der Waals surface area contributed by atoms with E-state index in [-0.39, 0.29) is 17.6 Å². The summed E-state index contributed by atoms with van der Waals surface area (Å²) in [5, 5.41) is 0. The van der Waals surface area contributed by atoms with Gasteiger partial charge < -0.3 is 9.15 Å². The van der Waals surface area contributed by atoms with Crippen LogP contribution in [0.25, 0.3) is 0 Å². The number of amides is 1. The lowest BCUT2D eigenvalue weighted by Crippen LogP contribution is -2.63. The molecule has 3 rings (SSSR count). The highest BCUT2D eigenvalue weighted by molar-refractivity contribution is 5.70. The van der Waals surface area contributed by atoms with Gasteiger partial charge >= 0.3 is 6.09 Å². The van der Waals surface area contributed by atoms with Gasteiger partial charge in [0.2, 0.25) is 0 Å². The van der Waals surface area contributed by atoms with Gasteiger partial charge in [-0.1, -0.05) is 6.42 Å². The summed E-state index contributed by atoms with van der Waals surface area (Å²) >= 11 is 0. The number of ether oxygens (including phenoxy) is 1. The van der Waals surface area contributed by atoms with E-state index in [1.54, 1.807) is 6.26 Å². The Morgan fingerprint density at radius 2 is 2.21 bits per heavy atom. The van der Waals surface area contributed by atoms with E-state index < -0.39 is 5.60 Å². The Hall–Kier alpha value is -1.45. The van der Waals surface area contributed by atoms with E-state index in [4.69, 9.17) is 9.15 Å². The summed E-state index contributed by atoms with van der Waals surface area (Å²) in [6.45, 7) is 6.48. The van der Waals surface area contributed by atoms with Crippen LogP contribution in [-0.4, -0.2) is 23.1 Å². The maximum absolute atomic E-state index is 12.2. The largest absolute Gasteiger partial charge is 0.467 e. The molecule has 0 aromatic carbocycles. The predicted molar refractivity (Wildman–Crippen MR) is 70.7 cm³/mol. The molecule has 2 fully saturated rings. The molecule has 0 bridgehead atoms. The van der Waals surface area contributed by atoms with Crippen LogP contribution in [0.3, 0.4) is 0 Å². The average Bonchev–Trinajstić information content (AvgIpc) is 2.63. The Morgan fingerprint density at radius 3 is 2.68 bits per heavy atom. The minimum atomic E-state index is -0.451. The Labute approximate surface area is 113 Å². The van der Waals surface area contributed by atoms with E-state index in [1.807, 2.05) is 37.8 Å². The van der Waals surface area contributed by atoms with Gasteiger partial charge in [0.25, 0.3) is 0 Å². The van der Waals surface area contributed by atoms with Crippen molar-refractivity contribution in [2.24, 2.45) is 5.41 Å². The number of likely N-dealkylation sites (tertiary alicyclic amines) is 1. The maximum atomic E-state index is 12.2. The van der Waals surface area contributed by atoms with Gasteiger partial charge in [-0.25, -0.2) is 4.79 Å². The van der Waals surface area contributed by atoms with Gasteiger partial charge in [0, 0.05) is 12.0 Å². The second-order valence-electron chi connectivity index (χ2n) is 6.74. The first-order chi connectivity index (χ1) is 8.91. The summed E-state index contributed by atoms with van der Waals surface area (Å²) in [4.78, 5) is 14.0. The summed E-state index contributed by atoms with van der Waals surface area (Å²) in [5.41, 5.74) is -0.206. The molecule has 4 heteroatoms. The lowest BCUT2D eigenvalue weighted by atomic mass is 9.57. The topological polar surface area (TPSA) is 42.7 Å². The van der Waals surface area contributed by atoms with Crippen molar-refractivity contribution in [2.45, 2.75) is 51.7 Å². The van der Waals surface area contributed by atoms with Crippen LogP contribution in [0, 0.1) is 5.41 Å². The zero-order valence-corrected chi connectivity index (χ0v) is 11.8. The van der Waals surface area contributed by atoms with Crippen molar-refractivity contribution in [1.82, 2.24) is 4.90 Å². The van der Waals surface area contributed by atoms with E-state index in [1.165, 1.54) is 19.3 Å². The Kier molecular flexibility index (Phi) is 2.66. The number of carbonyl (C=O) groups excluding carboxylic acids is 1. The monoisotopic (exact) mass is 263 g/mol. The molecule has 1 amide bonds. The van der Waals surface area contributed by atoms with Crippen LogP contribution in [0.2, 0.25) is 0 Å². The smallest absolute Gasteiger partial charge is 0.410 e. The fraction of sp³-hybridized carbons (Fsp3) is 0.667. The second kappa shape index (κ2) is 4.02. The molecule has 0 N–H and O–H groups in total.